The monoisotopic (exact) mass is 218 g/mol. The van der Waals surface area contributed by atoms with Crippen LogP contribution in [0.2, 0.25) is 0 Å². The lowest BCUT2D eigenvalue weighted by molar-refractivity contribution is 0.707. The zero-order chi connectivity index (χ0) is 10.3. The van der Waals surface area contributed by atoms with E-state index in [-0.39, 0.29) is 6.04 Å². The molecule has 2 aromatic rings. The fourth-order valence-corrected chi connectivity index (χ4v) is 2.72. The highest BCUT2D eigenvalue weighted by Gasteiger charge is 2.21. The van der Waals surface area contributed by atoms with Gasteiger partial charge in [0.25, 0.3) is 0 Å². The van der Waals surface area contributed by atoms with E-state index in [1.165, 1.54) is 0 Å². The van der Waals surface area contributed by atoms with Crippen molar-refractivity contribution in [2.45, 2.75) is 18.4 Å². The van der Waals surface area contributed by atoms with Crippen LogP contribution in [-0.4, -0.2) is 21.0 Å². The molecule has 2 aromatic heterocycles. The molecule has 0 aromatic carbocycles. The maximum atomic E-state index is 5.82. The van der Waals surface area contributed by atoms with Gasteiger partial charge in [-0.25, -0.2) is 15.0 Å². The number of fused-ring (bicyclic) bond motifs is 1. The first-order valence-electron chi connectivity index (χ1n) is 4.84. The Bertz CT molecular complexity index is 486. The third-order valence-corrected chi connectivity index (χ3v) is 3.58. The van der Waals surface area contributed by atoms with Crippen LogP contribution in [-0.2, 0) is 0 Å². The number of thiazole rings is 1. The van der Waals surface area contributed by atoms with Gasteiger partial charge in [0.15, 0.2) is 10.5 Å². The molecule has 0 amide bonds. The Kier molecular flexibility index (Phi) is 2.00. The third kappa shape index (κ3) is 1.53. The van der Waals surface area contributed by atoms with Crippen molar-refractivity contribution in [1.29, 1.82) is 0 Å². The first-order valence-corrected chi connectivity index (χ1v) is 5.66. The molecule has 76 valence electrons. The zero-order valence-electron chi connectivity index (χ0n) is 8.00. The van der Waals surface area contributed by atoms with Crippen molar-refractivity contribution in [3.63, 3.8) is 0 Å². The molecular formula is C10H10N4S. The summed E-state index contributed by atoms with van der Waals surface area (Å²) in [6.45, 7) is 0. The second-order valence-electron chi connectivity index (χ2n) is 3.63. The standard InChI is InChI=1S/C10H10N4S/c11-7-2-1-6(5-7)9-14-8-10(15-9)13-4-3-12-8/h1-4,6-7H,5,11H2. The summed E-state index contributed by atoms with van der Waals surface area (Å²) in [6.07, 6.45) is 8.47. The van der Waals surface area contributed by atoms with E-state index in [0.29, 0.717) is 5.92 Å². The van der Waals surface area contributed by atoms with Crippen LogP contribution in [0.5, 0.6) is 0 Å². The minimum Gasteiger partial charge on any atom is -0.324 e. The molecule has 2 N–H and O–H groups in total. The van der Waals surface area contributed by atoms with Crippen LogP contribution in [0.25, 0.3) is 10.5 Å². The molecule has 0 saturated carbocycles. The molecule has 4 nitrogen and oxygen atoms in total. The van der Waals surface area contributed by atoms with Crippen LogP contribution >= 0.6 is 11.3 Å². The highest BCUT2D eigenvalue weighted by molar-refractivity contribution is 7.18. The number of aromatic nitrogens is 3. The van der Waals surface area contributed by atoms with Crippen LogP contribution in [0.1, 0.15) is 17.3 Å². The van der Waals surface area contributed by atoms with Crippen LogP contribution in [0.4, 0.5) is 0 Å². The van der Waals surface area contributed by atoms with Gasteiger partial charge in [0.1, 0.15) is 5.01 Å². The van der Waals surface area contributed by atoms with Gasteiger partial charge in [-0.3, -0.25) is 0 Å². The molecule has 1 aliphatic carbocycles. The molecule has 0 bridgehead atoms. The molecule has 2 heterocycles. The van der Waals surface area contributed by atoms with Gasteiger partial charge in [0, 0.05) is 24.4 Å². The summed E-state index contributed by atoms with van der Waals surface area (Å²) >= 11 is 1.61. The summed E-state index contributed by atoms with van der Waals surface area (Å²) in [5.74, 6) is 0.348. The van der Waals surface area contributed by atoms with E-state index >= 15 is 0 Å². The maximum Gasteiger partial charge on any atom is 0.189 e. The normalized spacial score (nSPS) is 25.1. The van der Waals surface area contributed by atoms with Crippen LogP contribution < -0.4 is 5.73 Å². The van der Waals surface area contributed by atoms with Gasteiger partial charge < -0.3 is 5.73 Å². The van der Waals surface area contributed by atoms with Gasteiger partial charge in [0.05, 0.1) is 0 Å². The molecule has 3 rings (SSSR count). The van der Waals surface area contributed by atoms with Gasteiger partial charge in [0.2, 0.25) is 0 Å². The minimum atomic E-state index is 0.169. The first-order chi connectivity index (χ1) is 7.33. The lowest BCUT2D eigenvalue weighted by atomic mass is 10.1. The van der Waals surface area contributed by atoms with E-state index in [1.54, 1.807) is 23.7 Å². The van der Waals surface area contributed by atoms with Gasteiger partial charge >= 0.3 is 0 Å². The van der Waals surface area contributed by atoms with Crippen LogP contribution in [0, 0.1) is 0 Å². The van der Waals surface area contributed by atoms with E-state index in [4.69, 9.17) is 5.73 Å². The molecule has 0 saturated heterocycles. The van der Waals surface area contributed by atoms with Crippen LogP contribution in [0.15, 0.2) is 24.5 Å². The van der Waals surface area contributed by atoms with E-state index < -0.39 is 0 Å². The van der Waals surface area contributed by atoms with Crippen molar-refractivity contribution in [2.24, 2.45) is 5.73 Å². The number of allylic oxidation sites excluding steroid dienone is 1. The van der Waals surface area contributed by atoms with Crippen molar-refractivity contribution in [1.82, 2.24) is 15.0 Å². The molecule has 5 heteroatoms. The number of rotatable bonds is 1. The van der Waals surface area contributed by atoms with Crippen molar-refractivity contribution >= 4 is 21.8 Å². The summed E-state index contributed by atoms with van der Waals surface area (Å²) in [5, 5.41) is 1.07. The van der Waals surface area contributed by atoms with E-state index in [9.17, 15) is 0 Å². The number of nitrogens with zero attached hydrogens (tertiary/aromatic N) is 3. The molecule has 0 spiro atoms. The zero-order valence-corrected chi connectivity index (χ0v) is 8.81. The molecule has 0 aliphatic heterocycles. The lowest BCUT2D eigenvalue weighted by Crippen LogP contribution is -2.14. The number of hydrogen-bond donors (Lipinski definition) is 1. The molecule has 0 fully saturated rings. The van der Waals surface area contributed by atoms with Crippen molar-refractivity contribution < 1.29 is 0 Å². The minimum absolute atomic E-state index is 0.169. The Labute approximate surface area is 90.9 Å². The Morgan fingerprint density at radius 2 is 2.13 bits per heavy atom. The summed E-state index contributed by atoms with van der Waals surface area (Å²) in [4.78, 5) is 13.8. The van der Waals surface area contributed by atoms with Gasteiger partial charge in [-0.2, -0.15) is 0 Å². The molecule has 1 aliphatic rings. The summed E-state index contributed by atoms with van der Waals surface area (Å²) in [7, 11) is 0. The molecule has 2 atom stereocenters. The Morgan fingerprint density at radius 3 is 2.87 bits per heavy atom. The second kappa shape index (κ2) is 3.36. The first kappa shape index (κ1) is 8.94. The predicted molar refractivity (Wildman–Crippen MR) is 59.7 cm³/mol. The summed E-state index contributed by atoms with van der Waals surface area (Å²) < 4.78 is 0. The smallest absolute Gasteiger partial charge is 0.189 e. The lowest BCUT2D eigenvalue weighted by Gasteiger charge is -2.03. The molecular weight excluding hydrogens is 208 g/mol. The fourth-order valence-electron chi connectivity index (χ4n) is 1.76. The molecule has 2 unspecified atom stereocenters. The van der Waals surface area contributed by atoms with Crippen molar-refractivity contribution in [2.75, 3.05) is 0 Å². The summed E-state index contributed by atoms with van der Waals surface area (Å²) in [5.41, 5.74) is 6.56. The second-order valence-corrected chi connectivity index (χ2v) is 4.64. The van der Waals surface area contributed by atoms with Gasteiger partial charge in [-0.15, -0.1) is 0 Å². The van der Waals surface area contributed by atoms with E-state index in [0.717, 1.165) is 21.9 Å². The maximum absolute atomic E-state index is 5.82. The highest BCUT2D eigenvalue weighted by Crippen LogP contribution is 2.32. The summed E-state index contributed by atoms with van der Waals surface area (Å²) in [6, 6.07) is 0.169. The predicted octanol–water partition coefficient (Wildman–Crippen LogP) is 1.46. The van der Waals surface area contributed by atoms with Crippen molar-refractivity contribution in [3.8, 4) is 0 Å². The topological polar surface area (TPSA) is 64.7 Å². The average molecular weight is 218 g/mol. The fraction of sp³-hybridized carbons (Fsp3) is 0.300. The van der Waals surface area contributed by atoms with E-state index in [2.05, 4.69) is 21.0 Å². The largest absolute Gasteiger partial charge is 0.324 e. The van der Waals surface area contributed by atoms with E-state index in [1.807, 2.05) is 6.08 Å². The SMILES string of the molecule is NC1C=CC(c2nc3nccnc3s2)C1. The quantitative estimate of drug-likeness (QED) is 0.736. The van der Waals surface area contributed by atoms with Gasteiger partial charge in [-0.05, 0) is 6.42 Å². The van der Waals surface area contributed by atoms with Gasteiger partial charge in [-0.1, -0.05) is 23.5 Å². The Balaban J connectivity index is 2.02. The van der Waals surface area contributed by atoms with Crippen molar-refractivity contribution in [3.05, 3.63) is 29.6 Å². The third-order valence-electron chi connectivity index (χ3n) is 2.50. The molecule has 15 heavy (non-hydrogen) atoms. The highest BCUT2D eigenvalue weighted by atomic mass is 32.1. The Hall–Kier alpha value is -1.33. The van der Waals surface area contributed by atoms with Crippen LogP contribution in [0.3, 0.4) is 0 Å². The number of hydrogen-bond acceptors (Lipinski definition) is 5. The average Bonchev–Trinajstić information content (AvgIpc) is 2.82. The Morgan fingerprint density at radius 1 is 1.27 bits per heavy atom. The molecule has 0 radical (unpaired) electrons. The number of nitrogens with two attached hydrogens (primary N) is 1.